The molecule has 0 radical (unpaired) electrons. The number of anilines is 1. The Morgan fingerprint density at radius 2 is 1.77 bits per heavy atom. The zero-order valence-corrected chi connectivity index (χ0v) is 21.6. The van der Waals surface area contributed by atoms with Crippen molar-refractivity contribution in [3.63, 3.8) is 0 Å². The van der Waals surface area contributed by atoms with E-state index in [9.17, 15) is 18.0 Å². The van der Waals surface area contributed by atoms with Gasteiger partial charge >= 0.3 is 0 Å². The normalized spacial score (nSPS) is 13.4. The zero-order valence-electron chi connectivity index (χ0n) is 20.8. The molecule has 2 aromatic rings. The highest BCUT2D eigenvalue weighted by molar-refractivity contribution is 7.92. The van der Waals surface area contributed by atoms with Gasteiger partial charge in [-0.25, -0.2) is 8.42 Å². The second-order valence-electron chi connectivity index (χ2n) is 9.13. The SMILES string of the molecule is Cc1cccc(CN(C(=O)CN(c2ccc3c(c2)OCO3)S(C)(=O)=O)C(C)C(=O)NCC(C)C)c1. The number of amides is 2. The number of rotatable bonds is 10. The van der Waals surface area contributed by atoms with Crippen molar-refractivity contribution in [2.75, 3.05) is 30.4 Å². The summed E-state index contributed by atoms with van der Waals surface area (Å²) in [5.41, 5.74) is 2.14. The van der Waals surface area contributed by atoms with Gasteiger partial charge in [-0.05, 0) is 37.5 Å². The number of sulfonamides is 1. The van der Waals surface area contributed by atoms with Crippen LogP contribution < -0.4 is 19.1 Å². The summed E-state index contributed by atoms with van der Waals surface area (Å²) < 4.78 is 37.0. The van der Waals surface area contributed by atoms with Crippen LogP contribution in [-0.2, 0) is 26.2 Å². The molecule has 9 nitrogen and oxygen atoms in total. The van der Waals surface area contributed by atoms with Crippen molar-refractivity contribution in [3.05, 3.63) is 53.6 Å². The maximum absolute atomic E-state index is 13.6. The van der Waals surface area contributed by atoms with E-state index in [0.29, 0.717) is 18.0 Å². The minimum atomic E-state index is -3.82. The molecule has 10 heteroatoms. The van der Waals surface area contributed by atoms with Gasteiger partial charge in [0.15, 0.2) is 11.5 Å². The monoisotopic (exact) mass is 503 g/mol. The van der Waals surface area contributed by atoms with Gasteiger partial charge in [0.05, 0.1) is 11.9 Å². The topological polar surface area (TPSA) is 105 Å². The molecular formula is C25H33N3O6S. The molecular weight excluding hydrogens is 470 g/mol. The number of hydrogen-bond acceptors (Lipinski definition) is 6. The number of aryl methyl sites for hydroxylation is 1. The van der Waals surface area contributed by atoms with E-state index in [1.54, 1.807) is 19.1 Å². The van der Waals surface area contributed by atoms with E-state index in [-0.39, 0.29) is 30.9 Å². The van der Waals surface area contributed by atoms with Gasteiger partial charge in [-0.1, -0.05) is 43.7 Å². The molecule has 190 valence electrons. The number of carbonyl (C=O) groups excluding carboxylic acids is 2. The lowest BCUT2D eigenvalue weighted by Gasteiger charge is -2.31. The van der Waals surface area contributed by atoms with Crippen molar-refractivity contribution in [1.29, 1.82) is 0 Å². The van der Waals surface area contributed by atoms with Crippen LogP contribution >= 0.6 is 0 Å². The Balaban J connectivity index is 1.89. The van der Waals surface area contributed by atoms with Crippen molar-refractivity contribution in [1.82, 2.24) is 10.2 Å². The highest BCUT2D eigenvalue weighted by Gasteiger charge is 2.30. The molecule has 3 rings (SSSR count). The first-order chi connectivity index (χ1) is 16.5. The molecule has 1 N–H and O–H groups in total. The van der Waals surface area contributed by atoms with Crippen LogP contribution in [0.3, 0.4) is 0 Å². The van der Waals surface area contributed by atoms with Gasteiger partial charge < -0.3 is 19.7 Å². The predicted molar refractivity (Wildman–Crippen MR) is 134 cm³/mol. The summed E-state index contributed by atoms with van der Waals surface area (Å²) in [6.45, 7) is 7.77. The fourth-order valence-electron chi connectivity index (χ4n) is 3.70. The first-order valence-corrected chi connectivity index (χ1v) is 13.3. The molecule has 1 heterocycles. The minimum Gasteiger partial charge on any atom is -0.454 e. The molecule has 0 aromatic heterocycles. The predicted octanol–water partition coefficient (Wildman–Crippen LogP) is 2.68. The summed E-state index contributed by atoms with van der Waals surface area (Å²) in [4.78, 5) is 27.8. The van der Waals surface area contributed by atoms with Gasteiger partial charge in [-0.2, -0.15) is 0 Å². The van der Waals surface area contributed by atoms with Crippen molar-refractivity contribution in [2.45, 2.75) is 40.3 Å². The second kappa shape index (κ2) is 11.0. The third kappa shape index (κ3) is 6.88. The van der Waals surface area contributed by atoms with Crippen molar-refractivity contribution >= 4 is 27.5 Å². The second-order valence-corrected chi connectivity index (χ2v) is 11.0. The summed E-state index contributed by atoms with van der Waals surface area (Å²) in [5, 5.41) is 2.86. The van der Waals surface area contributed by atoms with Crippen LogP contribution in [0.4, 0.5) is 5.69 Å². The standard InChI is InChI=1S/C25H33N3O6S/c1-17(2)13-26-25(30)19(4)27(14-20-8-6-7-18(3)11-20)24(29)15-28(35(5,31)32)21-9-10-22-23(12-21)34-16-33-22/h6-12,17,19H,13-16H2,1-5H3,(H,26,30). The van der Waals surface area contributed by atoms with Crippen LogP contribution in [0, 0.1) is 12.8 Å². The van der Waals surface area contributed by atoms with Gasteiger partial charge in [0.25, 0.3) is 0 Å². The van der Waals surface area contributed by atoms with E-state index in [4.69, 9.17) is 9.47 Å². The van der Waals surface area contributed by atoms with Crippen LogP contribution in [0.25, 0.3) is 0 Å². The molecule has 1 aliphatic heterocycles. The Morgan fingerprint density at radius 1 is 1.06 bits per heavy atom. The molecule has 0 fully saturated rings. The molecule has 0 bridgehead atoms. The highest BCUT2D eigenvalue weighted by Crippen LogP contribution is 2.36. The summed E-state index contributed by atoms with van der Waals surface area (Å²) in [5.74, 6) is 0.362. The van der Waals surface area contributed by atoms with Crippen molar-refractivity contribution in [2.24, 2.45) is 5.92 Å². The largest absolute Gasteiger partial charge is 0.454 e. The first kappa shape index (κ1) is 26.3. The molecule has 1 atom stereocenters. The minimum absolute atomic E-state index is 0.0455. The molecule has 1 aliphatic rings. The molecule has 1 unspecified atom stereocenters. The van der Waals surface area contributed by atoms with Gasteiger partial charge in [0.1, 0.15) is 12.6 Å². The van der Waals surface area contributed by atoms with Gasteiger partial charge in [0.2, 0.25) is 28.6 Å². The molecule has 2 aromatic carbocycles. The summed E-state index contributed by atoms with van der Waals surface area (Å²) in [6, 6.07) is 11.5. The van der Waals surface area contributed by atoms with Crippen LogP contribution in [0.5, 0.6) is 11.5 Å². The third-order valence-corrected chi connectivity index (χ3v) is 6.75. The van der Waals surface area contributed by atoms with E-state index in [1.165, 1.54) is 11.0 Å². The Bertz CT molecular complexity index is 1180. The Hall–Kier alpha value is -3.27. The first-order valence-electron chi connectivity index (χ1n) is 11.5. The molecule has 0 saturated carbocycles. The number of nitrogens with zero attached hydrogens (tertiary/aromatic N) is 2. The van der Waals surface area contributed by atoms with E-state index in [1.807, 2.05) is 45.0 Å². The third-order valence-electron chi connectivity index (χ3n) is 5.61. The average molecular weight is 504 g/mol. The van der Waals surface area contributed by atoms with Crippen LogP contribution in [-0.4, -0.2) is 57.3 Å². The molecule has 2 amide bonds. The molecule has 0 spiro atoms. The lowest BCUT2D eigenvalue weighted by Crippen LogP contribution is -2.51. The average Bonchev–Trinajstić information content (AvgIpc) is 3.26. The maximum Gasteiger partial charge on any atom is 0.244 e. The summed E-state index contributed by atoms with van der Waals surface area (Å²) in [7, 11) is -3.82. The summed E-state index contributed by atoms with van der Waals surface area (Å²) in [6.07, 6.45) is 1.04. The smallest absolute Gasteiger partial charge is 0.244 e. The number of carbonyl (C=O) groups is 2. The lowest BCUT2D eigenvalue weighted by molar-refractivity contribution is -0.139. The summed E-state index contributed by atoms with van der Waals surface area (Å²) >= 11 is 0. The molecule has 0 aliphatic carbocycles. The zero-order chi connectivity index (χ0) is 25.8. The van der Waals surface area contributed by atoms with E-state index in [0.717, 1.165) is 21.7 Å². The van der Waals surface area contributed by atoms with E-state index < -0.39 is 28.5 Å². The van der Waals surface area contributed by atoms with Gasteiger partial charge in [-0.3, -0.25) is 13.9 Å². The number of nitrogens with one attached hydrogen (secondary N) is 1. The van der Waals surface area contributed by atoms with Gasteiger partial charge in [0, 0.05) is 19.2 Å². The number of benzene rings is 2. The van der Waals surface area contributed by atoms with Gasteiger partial charge in [-0.15, -0.1) is 0 Å². The van der Waals surface area contributed by atoms with Crippen LogP contribution in [0.2, 0.25) is 0 Å². The number of fused-ring (bicyclic) bond motifs is 1. The Kier molecular flexibility index (Phi) is 8.26. The van der Waals surface area contributed by atoms with Crippen molar-refractivity contribution in [3.8, 4) is 11.5 Å². The Morgan fingerprint density at radius 3 is 2.43 bits per heavy atom. The quantitative estimate of drug-likeness (QED) is 0.535. The fraction of sp³-hybridized carbons (Fsp3) is 0.440. The Labute approximate surface area is 207 Å². The maximum atomic E-state index is 13.6. The molecule has 0 saturated heterocycles. The van der Waals surface area contributed by atoms with E-state index >= 15 is 0 Å². The highest BCUT2D eigenvalue weighted by atomic mass is 32.2. The lowest BCUT2D eigenvalue weighted by atomic mass is 10.1. The molecule has 35 heavy (non-hydrogen) atoms. The van der Waals surface area contributed by atoms with E-state index in [2.05, 4.69) is 5.32 Å². The fourth-order valence-corrected chi connectivity index (χ4v) is 4.54. The van der Waals surface area contributed by atoms with Crippen molar-refractivity contribution < 1.29 is 27.5 Å². The van der Waals surface area contributed by atoms with Crippen LogP contribution in [0.15, 0.2) is 42.5 Å². The van der Waals surface area contributed by atoms with Crippen LogP contribution in [0.1, 0.15) is 31.9 Å². The number of hydrogen-bond donors (Lipinski definition) is 1. The number of ether oxygens (including phenoxy) is 2.